The lowest BCUT2D eigenvalue weighted by Crippen LogP contribution is -2.59. The quantitative estimate of drug-likeness (QED) is 0.586. The summed E-state index contributed by atoms with van der Waals surface area (Å²) in [4.78, 5) is 18.6. The highest BCUT2D eigenvalue weighted by Gasteiger charge is 2.60. The third-order valence-electron chi connectivity index (χ3n) is 8.10. The number of alkyl halides is 1. The van der Waals surface area contributed by atoms with Crippen LogP contribution in [-0.4, -0.2) is 52.8 Å². The highest BCUT2D eigenvalue weighted by Crippen LogP contribution is 2.64. The second kappa shape index (κ2) is 8.00. The van der Waals surface area contributed by atoms with Crippen molar-refractivity contribution in [1.82, 2.24) is 9.80 Å². The number of carbonyl (C=O) groups excluding carboxylic acids is 1. The van der Waals surface area contributed by atoms with Crippen LogP contribution in [0.4, 0.5) is 0 Å². The molecule has 2 atom stereocenters. The van der Waals surface area contributed by atoms with Crippen LogP contribution in [0.2, 0.25) is 0 Å². The maximum Gasteiger partial charge on any atom is 0.228 e. The van der Waals surface area contributed by atoms with Crippen molar-refractivity contribution in [3.05, 3.63) is 35.9 Å². The number of carbonyl (C=O) groups is 1. The molecule has 1 aromatic rings. The second-order valence-electron chi connectivity index (χ2n) is 10.5. The van der Waals surface area contributed by atoms with Crippen LogP contribution in [0.15, 0.2) is 30.3 Å². The van der Waals surface area contributed by atoms with Gasteiger partial charge in [-0.25, -0.2) is 0 Å². The molecule has 5 fully saturated rings. The van der Waals surface area contributed by atoms with Crippen LogP contribution >= 0.6 is 15.9 Å². The van der Waals surface area contributed by atoms with Crippen molar-refractivity contribution < 1.29 is 4.79 Å². The summed E-state index contributed by atoms with van der Waals surface area (Å²) < 4.78 is 0.266. The van der Waals surface area contributed by atoms with E-state index in [2.05, 4.69) is 56.1 Å². The van der Waals surface area contributed by atoms with Crippen LogP contribution in [-0.2, 0) is 11.2 Å². The second-order valence-corrected chi connectivity index (χ2v) is 12.2. The van der Waals surface area contributed by atoms with Crippen LogP contribution in [0.3, 0.4) is 0 Å². The van der Waals surface area contributed by atoms with Gasteiger partial charge in [0.15, 0.2) is 0 Å². The summed E-state index contributed by atoms with van der Waals surface area (Å²) in [6, 6.07) is 10.8. The van der Waals surface area contributed by atoms with Gasteiger partial charge in [0.1, 0.15) is 0 Å². The molecule has 1 aromatic carbocycles. The van der Waals surface area contributed by atoms with Crippen molar-refractivity contribution in [3.63, 3.8) is 0 Å². The van der Waals surface area contributed by atoms with Crippen molar-refractivity contribution in [2.75, 3.05) is 32.7 Å². The number of aryl methyl sites for hydroxylation is 1. The minimum Gasteiger partial charge on any atom is -0.341 e. The maximum absolute atomic E-state index is 13.7. The predicted molar refractivity (Wildman–Crippen MR) is 121 cm³/mol. The molecule has 158 valence electrons. The van der Waals surface area contributed by atoms with Gasteiger partial charge in [-0.15, -0.1) is 0 Å². The zero-order chi connectivity index (χ0) is 19.9. The first-order chi connectivity index (χ1) is 14.0. The topological polar surface area (TPSA) is 23.6 Å². The normalized spacial score (nSPS) is 36.9. The Morgan fingerprint density at radius 3 is 2.48 bits per heavy atom. The first kappa shape index (κ1) is 20.1. The number of halogens is 1. The molecular formula is C25H35BrN2O. The van der Waals surface area contributed by atoms with Gasteiger partial charge in [0.25, 0.3) is 0 Å². The Morgan fingerprint density at radius 1 is 1.00 bits per heavy atom. The Kier molecular flexibility index (Phi) is 5.53. The molecule has 1 heterocycles. The molecule has 4 aliphatic carbocycles. The molecule has 0 N–H and O–H groups in total. The SMILES string of the molecule is O=C(N1CCCN(CCCc2ccccc2)CC1)C12CC3CC(CC(Br)(C3)C1)C2. The molecular weight excluding hydrogens is 424 g/mol. The molecule has 1 amide bonds. The van der Waals surface area contributed by atoms with Crippen LogP contribution in [0.25, 0.3) is 0 Å². The molecule has 5 aliphatic rings. The summed E-state index contributed by atoms with van der Waals surface area (Å²) in [5.74, 6) is 2.06. The zero-order valence-electron chi connectivity index (χ0n) is 17.6. The van der Waals surface area contributed by atoms with Crippen molar-refractivity contribution in [2.45, 2.75) is 62.1 Å². The van der Waals surface area contributed by atoms with E-state index in [1.807, 2.05) is 0 Å². The molecule has 29 heavy (non-hydrogen) atoms. The summed E-state index contributed by atoms with van der Waals surface area (Å²) in [7, 11) is 0. The number of rotatable bonds is 5. The van der Waals surface area contributed by atoms with E-state index in [0.29, 0.717) is 5.91 Å². The van der Waals surface area contributed by atoms with Gasteiger partial charge >= 0.3 is 0 Å². The highest BCUT2D eigenvalue weighted by molar-refractivity contribution is 9.10. The van der Waals surface area contributed by atoms with Crippen molar-refractivity contribution in [1.29, 1.82) is 0 Å². The number of hydrogen-bond acceptors (Lipinski definition) is 2. The highest BCUT2D eigenvalue weighted by atomic mass is 79.9. The Labute approximate surface area is 184 Å². The number of benzene rings is 1. The van der Waals surface area contributed by atoms with Gasteiger partial charge in [-0.3, -0.25) is 4.79 Å². The lowest BCUT2D eigenvalue weighted by atomic mass is 9.49. The van der Waals surface area contributed by atoms with Crippen molar-refractivity contribution >= 4 is 21.8 Å². The molecule has 4 bridgehead atoms. The van der Waals surface area contributed by atoms with Crippen LogP contribution in [0, 0.1) is 17.3 Å². The predicted octanol–water partition coefficient (Wildman–Crippen LogP) is 4.89. The molecule has 6 rings (SSSR count). The van der Waals surface area contributed by atoms with Gasteiger partial charge in [0.2, 0.25) is 5.91 Å². The molecule has 4 heteroatoms. The first-order valence-corrected chi connectivity index (χ1v) is 12.6. The van der Waals surface area contributed by atoms with Gasteiger partial charge < -0.3 is 9.80 Å². The largest absolute Gasteiger partial charge is 0.341 e. The van der Waals surface area contributed by atoms with Gasteiger partial charge in [-0.2, -0.15) is 0 Å². The molecule has 1 saturated heterocycles. The minimum absolute atomic E-state index is 0.0456. The smallest absolute Gasteiger partial charge is 0.228 e. The average Bonchev–Trinajstić information content (AvgIpc) is 2.92. The van der Waals surface area contributed by atoms with Gasteiger partial charge in [0, 0.05) is 24.0 Å². The van der Waals surface area contributed by atoms with Crippen LogP contribution in [0.5, 0.6) is 0 Å². The van der Waals surface area contributed by atoms with E-state index in [0.717, 1.165) is 76.7 Å². The fraction of sp³-hybridized carbons (Fsp3) is 0.720. The average molecular weight is 459 g/mol. The third-order valence-corrected chi connectivity index (χ3v) is 9.03. The van der Waals surface area contributed by atoms with E-state index >= 15 is 0 Å². The van der Waals surface area contributed by atoms with Crippen LogP contribution < -0.4 is 0 Å². The monoisotopic (exact) mass is 458 g/mol. The molecule has 2 unspecified atom stereocenters. The standard InChI is InChI=1S/C25H35BrN2O/c26-25-17-21-14-22(18-25)16-24(15-21,19-25)23(29)28-11-5-10-27(12-13-28)9-4-8-20-6-2-1-3-7-20/h1-3,6-7,21-22H,4-5,8-19H2. The molecule has 0 aromatic heterocycles. The number of amides is 1. The maximum atomic E-state index is 13.7. The zero-order valence-corrected chi connectivity index (χ0v) is 19.2. The van der Waals surface area contributed by atoms with E-state index in [1.165, 1.54) is 31.2 Å². The fourth-order valence-corrected chi connectivity index (χ4v) is 8.74. The minimum atomic E-state index is -0.0456. The summed E-state index contributed by atoms with van der Waals surface area (Å²) in [5.41, 5.74) is 1.39. The van der Waals surface area contributed by atoms with Gasteiger partial charge in [0.05, 0.1) is 5.41 Å². The Morgan fingerprint density at radius 2 is 1.76 bits per heavy atom. The Bertz CT molecular complexity index is 722. The van der Waals surface area contributed by atoms with E-state index in [-0.39, 0.29) is 9.74 Å². The molecule has 4 saturated carbocycles. The van der Waals surface area contributed by atoms with Crippen molar-refractivity contribution in [3.8, 4) is 0 Å². The van der Waals surface area contributed by atoms with Gasteiger partial charge in [-0.05, 0) is 88.3 Å². The summed E-state index contributed by atoms with van der Waals surface area (Å²) >= 11 is 4.08. The third kappa shape index (κ3) is 4.17. The first-order valence-electron chi connectivity index (χ1n) is 11.8. The lowest BCUT2D eigenvalue weighted by Gasteiger charge is -2.60. The summed E-state index contributed by atoms with van der Waals surface area (Å²) in [6.07, 6.45) is 10.9. The Balaban J connectivity index is 1.16. The van der Waals surface area contributed by atoms with E-state index in [1.54, 1.807) is 0 Å². The number of hydrogen-bond donors (Lipinski definition) is 0. The fourth-order valence-electron chi connectivity index (χ4n) is 7.29. The summed E-state index contributed by atoms with van der Waals surface area (Å²) in [5, 5.41) is 0. The summed E-state index contributed by atoms with van der Waals surface area (Å²) in [6.45, 7) is 5.22. The van der Waals surface area contributed by atoms with E-state index < -0.39 is 0 Å². The number of nitrogens with zero attached hydrogens (tertiary/aromatic N) is 2. The van der Waals surface area contributed by atoms with Gasteiger partial charge in [-0.1, -0.05) is 46.3 Å². The van der Waals surface area contributed by atoms with E-state index in [4.69, 9.17) is 0 Å². The molecule has 0 spiro atoms. The van der Waals surface area contributed by atoms with Crippen LogP contribution in [0.1, 0.15) is 56.9 Å². The lowest BCUT2D eigenvalue weighted by molar-refractivity contribution is -0.155. The Hall–Kier alpha value is -0.870. The molecule has 1 aliphatic heterocycles. The molecule has 0 radical (unpaired) electrons. The van der Waals surface area contributed by atoms with E-state index in [9.17, 15) is 4.79 Å². The molecule has 3 nitrogen and oxygen atoms in total. The van der Waals surface area contributed by atoms with Crippen molar-refractivity contribution in [2.24, 2.45) is 17.3 Å².